The van der Waals surface area contributed by atoms with E-state index in [2.05, 4.69) is 20.9 Å². The van der Waals surface area contributed by atoms with E-state index in [-0.39, 0.29) is 11.4 Å². The van der Waals surface area contributed by atoms with Crippen LogP contribution in [-0.2, 0) is 0 Å². The summed E-state index contributed by atoms with van der Waals surface area (Å²) in [5.74, 6) is -0.286. The Labute approximate surface area is 107 Å². The van der Waals surface area contributed by atoms with Crippen molar-refractivity contribution in [2.45, 2.75) is 0 Å². The summed E-state index contributed by atoms with van der Waals surface area (Å²) < 4.78 is 14.1. The standard InChI is InChI=1S/C13H9BrFNO/c14-10-5-6-13(17)9(7-10)8-16-12-4-2-1-3-11(12)15/h1-8,17H/b16-8+. The number of hydrogen-bond acceptors (Lipinski definition) is 2. The van der Waals surface area contributed by atoms with Crippen LogP contribution in [0, 0.1) is 5.82 Å². The van der Waals surface area contributed by atoms with E-state index >= 15 is 0 Å². The maximum absolute atomic E-state index is 13.3. The van der Waals surface area contributed by atoms with Crippen LogP contribution in [0.3, 0.4) is 0 Å². The number of aromatic hydroxyl groups is 1. The van der Waals surface area contributed by atoms with Crippen molar-refractivity contribution in [3.8, 4) is 5.75 Å². The van der Waals surface area contributed by atoms with Gasteiger partial charge in [0.25, 0.3) is 0 Å². The van der Waals surface area contributed by atoms with Crippen LogP contribution in [0.25, 0.3) is 0 Å². The first-order valence-corrected chi connectivity index (χ1v) is 5.73. The van der Waals surface area contributed by atoms with Crippen LogP contribution in [0.5, 0.6) is 5.75 Å². The lowest BCUT2D eigenvalue weighted by molar-refractivity contribution is 0.474. The molecule has 0 aromatic heterocycles. The van der Waals surface area contributed by atoms with Crippen molar-refractivity contribution in [3.05, 3.63) is 58.3 Å². The molecule has 0 bridgehead atoms. The number of nitrogens with zero attached hydrogens (tertiary/aromatic N) is 1. The molecule has 2 aromatic carbocycles. The summed E-state index contributed by atoms with van der Waals surface area (Å²) in [6, 6.07) is 11.2. The van der Waals surface area contributed by atoms with Gasteiger partial charge < -0.3 is 5.11 Å². The normalized spacial score (nSPS) is 10.9. The van der Waals surface area contributed by atoms with Crippen molar-refractivity contribution < 1.29 is 9.50 Å². The second-order valence-electron chi connectivity index (χ2n) is 3.41. The molecule has 0 radical (unpaired) electrons. The van der Waals surface area contributed by atoms with Crippen LogP contribution >= 0.6 is 15.9 Å². The monoisotopic (exact) mass is 293 g/mol. The summed E-state index contributed by atoms with van der Waals surface area (Å²) >= 11 is 3.29. The van der Waals surface area contributed by atoms with Gasteiger partial charge in [-0.1, -0.05) is 28.1 Å². The van der Waals surface area contributed by atoms with Gasteiger partial charge in [-0.15, -0.1) is 0 Å². The first-order valence-electron chi connectivity index (χ1n) is 4.94. The fourth-order valence-corrected chi connectivity index (χ4v) is 1.70. The molecule has 0 spiro atoms. The van der Waals surface area contributed by atoms with E-state index in [0.717, 1.165) is 4.47 Å². The molecule has 0 atom stereocenters. The molecule has 0 aliphatic heterocycles. The molecule has 4 heteroatoms. The highest BCUT2D eigenvalue weighted by atomic mass is 79.9. The van der Waals surface area contributed by atoms with Gasteiger partial charge in [-0.25, -0.2) is 4.39 Å². The summed E-state index contributed by atoms with van der Waals surface area (Å²) in [6.45, 7) is 0. The summed E-state index contributed by atoms with van der Waals surface area (Å²) in [5, 5.41) is 9.58. The van der Waals surface area contributed by atoms with Crippen LogP contribution in [-0.4, -0.2) is 11.3 Å². The molecule has 0 amide bonds. The van der Waals surface area contributed by atoms with E-state index in [1.165, 1.54) is 12.3 Å². The van der Waals surface area contributed by atoms with Crippen LogP contribution in [0.4, 0.5) is 10.1 Å². The van der Waals surface area contributed by atoms with Gasteiger partial charge in [-0.05, 0) is 30.3 Å². The molecule has 0 aliphatic carbocycles. The number of hydrogen-bond donors (Lipinski definition) is 1. The molecular formula is C13H9BrFNO. The largest absolute Gasteiger partial charge is 0.507 e. The zero-order valence-corrected chi connectivity index (χ0v) is 10.4. The summed E-state index contributed by atoms with van der Waals surface area (Å²) in [7, 11) is 0. The molecule has 0 unspecified atom stereocenters. The lowest BCUT2D eigenvalue weighted by Crippen LogP contribution is -1.83. The molecule has 2 nitrogen and oxygen atoms in total. The zero-order valence-electron chi connectivity index (χ0n) is 8.77. The molecule has 0 aliphatic rings. The molecular weight excluding hydrogens is 285 g/mol. The first-order chi connectivity index (χ1) is 8.16. The number of phenolic OH excluding ortho intramolecular Hbond substituents is 1. The molecule has 86 valence electrons. The van der Waals surface area contributed by atoms with Gasteiger partial charge in [-0.3, -0.25) is 4.99 Å². The number of phenols is 1. The van der Waals surface area contributed by atoms with Crippen LogP contribution in [0.15, 0.2) is 51.9 Å². The van der Waals surface area contributed by atoms with Crippen molar-refractivity contribution in [2.75, 3.05) is 0 Å². The number of aliphatic imine (C=N–C) groups is 1. The first kappa shape index (κ1) is 11.8. The second kappa shape index (κ2) is 5.10. The van der Waals surface area contributed by atoms with E-state index in [0.29, 0.717) is 5.56 Å². The Kier molecular flexibility index (Phi) is 3.54. The zero-order chi connectivity index (χ0) is 12.3. The quantitative estimate of drug-likeness (QED) is 0.833. The van der Waals surface area contributed by atoms with E-state index in [4.69, 9.17) is 0 Å². The minimum atomic E-state index is -0.391. The minimum Gasteiger partial charge on any atom is -0.507 e. The van der Waals surface area contributed by atoms with Gasteiger partial charge in [0.2, 0.25) is 0 Å². The van der Waals surface area contributed by atoms with E-state index in [1.807, 2.05) is 0 Å². The van der Waals surface area contributed by atoms with Gasteiger partial charge in [-0.2, -0.15) is 0 Å². The van der Waals surface area contributed by atoms with E-state index < -0.39 is 5.82 Å². The molecule has 2 aromatic rings. The smallest absolute Gasteiger partial charge is 0.148 e. The Bertz CT molecular complexity index is 569. The molecule has 0 heterocycles. The van der Waals surface area contributed by atoms with Gasteiger partial charge in [0.15, 0.2) is 0 Å². The highest BCUT2D eigenvalue weighted by molar-refractivity contribution is 9.10. The van der Waals surface area contributed by atoms with Gasteiger partial charge >= 0.3 is 0 Å². The Balaban J connectivity index is 2.32. The number of halogens is 2. The predicted octanol–water partition coefficient (Wildman–Crippen LogP) is 4.04. The Morgan fingerprint density at radius 1 is 1.18 bits per heavy atom. The maximum atomic E-state index is 13.3. The molecule has 2 rings (SSSR count). The second-order valence-corrected chi connectivity index (χ2v) is 4.33. The SMILES string of the molecule is Oc1ccc(Br)cc1/C=N/c1ccccc1F. The van der Waals surface area contributed by atoms with Crippen molar-refractivity contribution in [3.63, 3.8) is 0 Å². The highest BCUT2D eigenvalue weighted by Gasteiger charge is 2.00. The fraction of sp³-hybridized carbons (Fsp3) is 0. The molecule has 0 fully saturated rings. The van der Waals surface area contributed by atoms with Crippen LogP contribution in [0.2, 0.25) is 0 Å². The third-order valence-electron chi connectivity index (χ3n) is 2.18. The van der Waals surface area contributed by atoms with Gasteiger partial charge in [0.05, 0.1) is 5.69 Å². The average Bonchev–Trinajstić information content (AvgIpc) is 2.32. The Hall–Kier alpha value is -1.68. The topological polar surface area (TPSA) is 32.6 Å². The predicted molar refractivity (Wildman–Crippen MR) is 69.5 cm³/mol. The third kappa shape index (κ3) is 2.91. The summed E-state index contributed by atoms with van der Waals surface area (Å²) in [6.07, 6.45) is 1.43. The van der Waals surface area contributed by atoms with Crippen molar-refractivity contribution in [1.82, 2.24) is 0 Å². The Morgan fingerprint density at radius 3 is 2.71 bits per heavy atom. The summed E-state index contributed by atoms with van der Waals surface area (Å²) in [5.41, 5.74) is 0.773. The van der Waals surface area contributed by atoms with Crippen molar-refractivity contribution in [1.29, 1.82) is 0 Å². The third-order valence-corrected chi connectivity index (χ3v) is 2.68. The fourth-order valence-electron chi connectivity index (χ4n) is 1.32. The molecule has 0 saturated carbocycles. The highest BCUT2D eigenvalue weighted by Crippen LogP contribution is 2.22. The van der Waals surface area contributed by atoms with Crippen molar-refractivity contribution >= 4 is 27.8 Å². The number of para-hydroxylation sites is 1. The average molecular weight is 294 g/mol. The molecule has 17 heavy (non-hydrogen) atoms. The van der Waals surface area contributed by atoms with Crippen LogP contribution in [0.1, 0.15) is 5.56 Å². The van der Waals surface area contributed by atoms with Crippen LogP contribution < -0.4 is 0 Å². The molecule has 1 N–H and O–H groups in total. The number of rotatable bonds is 2. The lowest BCUT2D eigenvalue weighted by atomic mass is 10.2. The summed E-state index contributed by atoms with van der Waals surface area (Å²) in [4.78, 5) is 4.00. The van der Waals surface area contributed by atoms with E-state index in [1.54, 1.807) is 36.4 Å². The molecule has 0 saturated heterocycles. The van der Waals surface area contributed by atoms with Crippen molar-refractivity contribution in [2.24, 2.45) is 4.99 Å². The Morgan fingerprint density at radius 2 is 1.94 bits per heavy atom. The number of benzene rings is 2. The minimum absolute atomic E-state index is 0.105. The lowest BCUT2D eigenvalue weighted by Gasteiger charge is -1.99. The van der Waals surface area contributed by atoms with E-state index in [9.17, 15) is 9.50 Å². The maximum Gasteiger partial charge on any atom is 0.148 e. The van der Waals surface area contributed by atoms with Gasteiger partial charge in [0, 0.05) is 16.3 Å². The van der Waals surface area contributed by atoms with Gasteiger partial charge in [0.1, 0.15) is 11.6 Å².